The fourth-order valence-corrected chi connectivity index (χ4v) is 3.10. The zero-order valence-electron chi connectivity index (χ0n) is 10.2. The molecule has 1 N–H and O–H groups in total. The number of hydrogen-bond acceptors (Lipinski definition) is 2. The van der Waals surface area contributed by atoms with E-state index >= 15 is 0 Å². The van der Waals surface area contributed by atoms with Gasteiger partial charge in [0.25, 0.3) is 0 Å². The Kier molecular flexibility index (Phi) is 4.45. The van der Waals surface area contributed by atoms with Crippen molar-refractivity contribution in [2.45, 2.75) is 0 Å². The van der Waals surface area contributed by atoms with E-state index in [2.05, 4.69) is 4.72 Å². The van der Waals surface area contributed by atoms with E-state index in [1.165, 1.54) is 0 Å². The number of sulfonamides is 1. The van der Waals surface area contributed by atoms with E-state index in [1.807, 2.05) is 42.5 Å². The van der Waals surface area contributed by atoms with Gasteiger partial charge < -0.3 is 0 Å². The third-order valence-electron chi connectivity index (χ3n) is 2.61. The highest BCUT2D eigenvalue weighted by molar-refractivity contribution is 7.92. The van der Waals surface area contributed by atoms with Crippen LogP contribution in [0.3, 0.4) is 0 Å². The van der Waals surface area contributed by atoms with Crippen molar-refractivity contribution >= 4 is 27.3 Å². The second-order valence-electron chi connectivity index (χ2n) is 4.05. The molecule has 5 heteroatoms. The third-order valence-corrected chi connectivity index (χ3v) is 4.31. The molecule has 0 amide bonds. The average molecular weight is 296 g/mol. The van der Waals surface area contributed by atoms with Crippen LogP contribution in [0.2, 0.25) is 0 Å². The molecule has 0 aliphatic carbocycles. The maximum Gasteiger partial charge on any atom is 0.233 e. The second-order valence-corrected chi connectivity index (χ2v) is 6.27. The summed E-state index contributed by atoms with van der Waals surface area (Å²) in [7, 11) is -3.34. The van der Waals surface area contributed by atoms with Gasteiger partial charge in [-0.25, -0.2) is 8.42 Å². The van der Waals surface area contributed by atoms with E-state index in [-0.39, 0.29) is 11.6 Å². The van der Waals surface area contributed by atoms with Gasteiger partial charge in [0.2, 0.25) is 10.0 Å². The monoisotopic (exact) mass is 295 g/mol. The molecule has 0 aliphatic rings. The normalized spacial score (nSPS) is 11.2. The average Bonchev–Trinajstić information content (AvgIpc) is 2.40. The van der Waals surface area contributed by atoms with Crippen molar-refractivity contribution in [3.8, 4) is 11.1 Å². The minimum absolute atomic E-state index is 0.0808. The first kappa shape index (κ1) is 13.9. The molecule has 0 aliphatic heterocycles. The smallest absolute Gasteiger partial charge is 0.233 e. The van der Waals surface area contributed by atoms with Crippen molar-refractivity contribution < 1.29 is 8.42 Å². The van der Waals surface area contributed by atoms with E-state index in [9.17, 15) is 8.42 Å². The Morgan fingerprint density at radius 3 is 2.05 bits per heavy atom. The van der Waals surface area contributed by atoms with Gasteiger partial charge >= 0.3 is 0 Å². The van der Waals surface area contributed by atoms with Crippen LogP contribution >= 0.6 is 11.6 Å². The summed E-state index contributed by atoms with van der Waals surface area (Å²) in [5.74, 6) is -0.00752. The summed E-state index contributed by atoms with van der Waals surface area (Å²) in [6.45, 7) is 0. The maximum absolute atomic E-state index is 11.6. The van der Waals surface area contributed by atoms with Crippen molar-refractivity contribution in [3.05, 3.63) is 54.6 Å². The lowest BCUT2D eigenvalue weighted by molar-refractivity contribution is 0.602. The fraction of sp³-hybridized carbons (Fsp3) is 0.143. The molecule has 2 rings (SSSR count). The van der Waals surface area contributed by atoms with Gasteiger partial charge in [0.15, 0.2) is 0 Å². The molecule has 0 fully saturated rings. The minimum atomic E-state index is -3.34. The molecule has 0 aromatic heterocycles. The first-order valence-electron chi connectivity index (χ1n) is 5.83. The van der Waals surface area contributed by atoms with Crippen molar-refractivity contribution in [2.24, 2.45) is 0 Å². The minimum Gasteiger partial charge on any atom is -0.284 e. The highest BCUT2D eigenvalue weighted by Crippen LogP contribution is 2.21. The van der Waals surface area contributed by atoms with Gasteiger partial charge in [-0.2, -0.15) is 0 Å². The SMILES string of the molecule is O=S(=O)(CCCl)Nc1ccc(-c2ccccc2)cc1. The summed E-state index contributed by atoms with van der Waals surface area (Å²) in [6, 6.07) is 17.2. The number of alkyl halides is 1. The van der Waals surface area contributed by atoms with Crippen LogP contribution in [0.1, 0.15) is 0 Å². The van der Waals surface area contributed by atoms with Gasteiger partial charge in [-0.1, -0.05) is 42.5 Å². The molecule has 3 nitrogen and oxygen atoms in total. The summed E-state index contributed by atoms with van der Waals surface area (Å²) in [5.41, 5.74) is 2.68. The van der Waals surface area contributed by atoms with Crippen molar-refractivity contribution in [1.82, 2.24) is 0 Å². The van der Waals surface area contributed by atoms with Crippen LogP contribution in [-0.2, 0) is 10.0 Å². The number of rotatable bonds is 5. The number of anilines is 1. The Labute approximate surface area is 118 Å². The molecule has 0 atom stereocenters. The van der Waals surface area contributed by atoms with Crippen molar-refractivity contribution in [3.63, 3.8) is 0 Å². The number of benzene rings is 2. The van der Waals surface area contributed by atoms with Crippen LogP contribution in [0, 0.1) is 0 Å². The molecule has 0 heterocycles. The molecule has 0 unspecified atom stereocenters. The molecule has 0 saturated heterocycles. The Hall–Kier alpha value is -1.52. The van der Waals surface area contributed by atoms with Gasteiger partial charge in [0, 0.05) is 11.6 Å². The first-order chi connectivity index (χ1) is 9.11. The van der Waals surface area contributed by atoms with Crippen LogP contribution < -0.4 is 4.72 Å². The largest absolute Gasteiger partial charge is 0.284 e. The van der Waals surface area contributed by atoms with Crippen molar-refractivity contribution in [2.75, 3.05) is 16.4 Å². The standard InChI is InChI=1S/C14H14ClNO2S/c15-10-11-19(17,18)16-14-8-6-13(7-9-14)12-4-2-1-3-5-12/h1-9,16H,10-11H2. The lowest BCUT2D eigenvalue weighted by Crippen LogP contribution is -2.17. The van der Waals surface area contributed by atoms with E-state index in [0.29, 0.717) is 5.69 Å². The zero-order valence-corrected chi connectivity index (χ0v) is 11.8. The van der Waals surface area contributed by atoms with Crippen LogP contribution in [0.5, 0.6) is 0 Å². The van der Waals surface area contributed by atoms with Gasteiger partial charge in [0.1, 0.15) is 0 Å². The Balaban J connectivity index is 2.16. The summed E-state index contributed by atoms with van der Waals surface area (Å²) in [5, 5.41) is 0. The highest BCUT2D eigenvalue weighted by atomic mass is 35.5. The Morgan fingerprint density at radius 1 is 0.895 bits per heavy atom. The zero-order chi connectivity index (χ0) is 13.7. The van der Waals surface area contributed by atoms with Gasteiger partial charge in [-0.15, -0.1) is 11.6 Å². The molecular formula is C14H14ClNO2S. The van der Waals surface area contributed by atoms with Gasteiger partial charge in [-0.05, 0) is 23.3 Å². The lowest BCUT2D eigenvalue weighted by Gasteiger charge is -2.07. The predicted octanol–water partition coefficient (Wildman–Crippen LogP) is 3.33. The van der Waals surface area contributed by atoms with Crippen LogP contribution in [0.25, 0.3) is 11.1 Å². The van der Waals surface area contributed by atoms with Crippen LogP contribution in [-0.4, -0.2) is 20.1 Å². The van der Waals surface area contributed by atoms with Crippen LogP contribution in [0.15, 0.2) is 54.6 Å². The molecule has 0 radical (unpaired) electrons. The second kappa shape index (κ2) is 6.08. The van der Waals surface area contributed by atoms with E-state index in [0.717, 1.165) is 11.1 Å². The third kappa shape index (κ3) is 3.98. The molecule has 19 heavy (non-hydrogen) atoms. The van der Waals surface area contributed by atoms with Crippen molar-refractivity contribution in [1.29, 1.82) is 0 Å². The quantitative estimate of drug-likeness (QED) is 0.860. The van der Waals surface area contributed by atoms with E-state index < -0.39 is 10.0 Å². The van der Waals surface area contributed by atoms with Gasteiger partial charge in [0.05, 0.1) is 5.75 Å². The van der Waals surface area contributed by atoms with Crippen LogP contribution in [0.4, 0.5) is 5.69 Å². The molecule has 2 aromatic carbocycles. The highest BCUT2D eigenvalue weighted by Gasteiger charge is 2.09. The molecule has 0 spiro atoms. The molecule has 2 aromatic rings. The molecule has 0 bridgehead atoms. The first-order valence-corrected chi connectivity index (χ1v) is 8.01. The lowest BCUT2D eigenvalue weighted by atomic mass is 10.1. The molecule has 100 valence electrons. The summed E-state index contributed by atoms with van der Waals surface area (Å²) < 4.78 is 25.6. The number of hydrogen-bond donors (Lipinski definition) is 1. The van der Waals surface area contributed by atoms with Gasteiger partial charge in [-0.3, -0.25) is 4.72 Å². The van der Waals surface area contributed by atoms with E-state index in [4.69, 9.17) is 11.6 Å². The Morgan fingerprint density at radius 2 is 1.47 bits per heavy atom. The molecule has 0 saturated carbocycles. The summed E-state index contributed by atoms with van der Waals surface area (Å²) >= 11 is 5.44. The van der Waals surface area contributed by atoms with E-state index in [1.54, 1.807) is 12.1 Å². The molecular weight excluding hydrogens is 282 g/mol. The fourth-order valence-electron chi connectivity index (χ4n) is 1.69. The summed E-state index contributed by atoms with van der Waals surface area (Å²) in [6.07, 6.45) is 0. The number of halogens is 1. The topological polar surface area (TPSA) is 46.2 Å². The predicted molar refractivity (Wildman–Crippen MR) is 80.0 cm³/mol. The maximum atomic E-state index is 11.6. The Bertz CT molecular complexity index is 624. The summed E-state index contributed by atoms with van der Waals surface area (Å²) in [4.78, 5) is 0. The number of nitrogens with one attached hydrogen (secondary N) is 1.